The smallest absolute Gasteiger partial charge is 0.406 e. The zero-order valence-corrected chi connectivity index (χ0v) is 15.5. The van der Waals surface area contributed by atoms with Gasteiger partial charge in [0.05, 0.1) is 13.0 Å². The van der Waals surface area contributed by atoms with Crippen molar-refractivity contribution in [2.45, 2.75) is 33.1 Å². The molecule has 1 saturated heterocycles. The third kappa shape index (κ3) is 3.12. The lowest BCUT2D eigenvalue weighted by molar-refractivity contribution is -0.135. The summed E-state index contributed by atoms with van der Waals surface area (Å²) in [4.78, 5) is 26.1. The molecule has 0 radical (unpaired) electrons. The van der Waals surface area contributed by atoms with Crippen LogP contribution >= 0.6 is 0 Å². The molecule has 2 fully saturated rings. The fourth-order valence-electron chi connectivity index (χ4n) is 4.52. The Morgan fingerprint density at radius 3 is 2.68 bits per heavy atom. The van der Waals surface area contributed by atoms with Crippen LogP contribution in [0.3, 0.4) is 0 Å². The number of ether oxygens (including phenoxy) is 1. The molecule has 4 atom stereocenters. The number of hydrogen-bond donors (Lipinski definition) is 1. The SMILES string of the molecule is CCC(CNC(=O)OC)C(=O)N1CC2C(c3ccccc3C)C2(C)C1. The Balaban J connectivity index is 1.62. The summed E-state index contributed by atoms with van der Waals surface area (Å²) in [6.07, 6.45) is 0.226. The summed E-state index contributed by atoms with van der Waals surface area (Å²) < 4.78 is 4.59. The van der Waals surface area contributed by atoms with Crippen LogP contribution < -0.4 is 5.32 Å². The van der Waals surface area contributed by atoms with Crippen LogP contribution in [-0.2, 0) is 9.53 Å². The first kappa shape index (κ1) is 17.8. The van der Waals surface area contributed by atoms with Gasteiger partial charge < -0.3 is 15.0 Å². The van der Waals surface area contributed by atoms with Crippen molar-refractivity contribution >= 4 is 12.0 Å². The predicted octanol–water partition coefficient (Wildman–Crippen LogP) is 2.94. The number of rotatable bonds is 5. The van der Waals surface area contributed by atoms with Crippen molar-refractivity contribution in [3.05, 3.63) is 35.4 Å². The zero-order valence-electron chi connectivity index (χ0n) is 15.5. The minimum Gasteiger partial charge on any atom is -0.453 e. The van der Waals surface area contributed by atoms with Crippen molar-refractivity contribution in [2.75, 3.05) is 26.7 Å². The fraction of sp³-hybridized carbons (Fsp3) is 0.600. The number of nitrogens with one attached hydrogen (secondary N) is 1. The van der Waals surface area contributed by atoms with E-state index in [0.29, 0.717) is 24.8 Å². The third-order valence-electron chi connectivity index (χ3n) is 6.15. The highest BCUT2D eigenvalue weighted by Crippen LogP contribution is 2.68. The Hall–Kier alpha value is -2.04. The molecule has 1 N–H and O–H groups in total. The Labute approximate surface area is 149 Å². The lowest BCUT2D eigenvalue weighted by atomic mass is 9.96. The maximum absolute atomic E-state index is 12.8. The molecule has 2 aliphatic rings. The second kappa shape index (κ2) is 6.70. The Bertz CT molecular complexity index is 675. The van der Waals surface area contributed by atoms with E-state index >= 15 is 0 Å². The van der Waals surface area contributed by atoms with Gasteiger partial charge in [-0.15, -0.1) is 0 Å². The van der Waals surface area contributed by atoms with E-state index in [9.17, 15) is 9.59 Å². The Morgan fingerprint density at radius 2 is 2.12 bits per heavy atom. The van der Waals surface area contributed by atoms with Gasteiger partial charge in [0.15, 0.2) is 0 Å². The molecule has 2 amide bonds. The highest BCUT2D eigenvalue weighted by Gasteiger charge is 2.67. The molecule has 136 valence electrons. The number of fused-ring (bicyclic) bond motifs is 1. The van der Waals surface area contributed by atoms with Gasteiger partial charge in [-0.25, -0.2) is 4.79 Å². The summed E-state index contributed by atoms with van der Waals surface area (Å²) in [6.45, 7) is 8.42. The summed E-state index contributed by atoms with van der Waals surface area (Å²) in [5.74, 6) is 1.07. The quantitative estimate of drug-likeness (QED) is 0.893. The lowest BCUT2D eigenvalue weighted by Gasteiger charge is -2.27. The average molecular weight is 344 g/mol. The number of amides is 2. The molecular formula is C20H28N2O3. The first-order chi connectivity index (χ1) is 11.9. The highest BCUT2D eigenvalue weighted by molar-refractivity contribution is 5.80. The Kier molecular flexibility index (Phi) is 4.76. The molecular weight excluding hydrogens is 316 g/mol. The minimum atomic E-state index is -0.484. The zero-order chi connectivity index (χ0) is 18.2. The van der Waals surface area contributed by atoms with E-state index in [0.717, 1.165) is 13.1 Å². The topological polar surface area (TPSA) is 58.6 Å². The van der Waals surface area contributed by atoms with Gasteiger partial charge in [-0.2, -0.15) is 0 Å². The van der Waals surface area contributed by atoms with Crippen LogP contribution in [0.4, 0.5) is 4.79 Å². The Morgan fingerprint density at radius 1 is 1.40 bits per heavy atom. The molecule has 1 aliphatic heterocycles. The lowest BCUT2D eigenvalue weighted by Crippen LogP contribution is -2.42. The number of nitrogens with zero attached hydrogens (tertiary/aromatic N) is 1. The van der Waals surface area contributed by atoms with Crippen molar-refractivity contribution in [1.82, 2.24) is 10.2 Å². The van der Waals surface area contributed by atoms with Gasteiger partial charge in [0.25, 0.3) is 0 Å². The number of hydrogen-bond acceptors (Lipinski definition) is 3. The van der Waals surface area contributed by atoms with Gasteiger partial charge in [0.2, 0.25) is 5.91 Å². The third-order valence-corrected chi connectivity index (χ3v) is 6.15. The number of alkyl carbamates (subject to hydrolysis) is 1. The van der Waals surface area contributed by atoms with Crippen LogP contribution in [0.1, 0.15) is 37.3 Å². The monoisotopic (exact) mass is 344 g/mol. The standard InChI is InChI=1S/C20H28N2O3/c1-5-14(10-21-19(24)25-4)18(23)22-11-16-17(20(16,3)12-22)15-9-7-6-8-13(15)2/h6-9,14,16-17H,5,10-12H2,1-4H3,(H,21,24). The molecule has 3 rings (SSSR count). The summed E-state index contributed by atoms with van der Waals surface area (Å²) >= 11 is 0. The largest absolute Gasteiger partial charge is 0.453 e. The van der Waals surface area contributed by atoms with Crippen LogP contribution in [0.5, 0.6) is 0 Å². The second-order valence-electron chi connectivity index (χ2n) is 7.64. The molecule has 1 aliphatic carbocycles. The van der Waals surface area contributed by atoms with Crippen molar-refractivity contribution in [3.63, 3.8) is 0 Å². The summed E-state index contributed by atoms with van der Waals surface area (Å²) in [7, 11) is 1.33. The van der Waals surface area contributed by atoms with Crippen LogP contribution in [0.25, 0.3) is 0 Å². The summed E-state index contributed by atoms with van der Waals surface area (Å²) in [5, 5.41) is 2.65. The molecule has 1 heterocycles. The molecule has 1 saturated carbocycles. The van der Waals surface area contributed by atoms with Crippen LogP contribution in [0.2, 0.25) is 0 Å². The first-order valence-corrected chi connectivity index (χ1v) is 9.08. The van der Waals surface area contributed by atoms with Gasteiger partial charge in [0, 0.05) is 19.6 Å². The van der Waals surface area contributed by atoms with E-state index in [4.69, 9.17) is 0 Å². The molecule has 25 heavy (non-hydrogen) atoms. The van der Waals surface area contributed by atoms with Crippen molar-refractivity contribution < 1.29 is 14.3 Å². The number of carbonyl (C=O) groups is 2. The average Bonchev–Trinajstić information content (AvgIpc) is 3.00. The van der Waals surface area contributed by atoms with E-state index in [1.807, 2.05) is 11.8 Å². The minimum absolute atomic E-state index is 0.149. The van der Waals surface area contributed by atoms with Crippen molar-refractivity contribution in [1.29, 1.82) is 0 Å². The molecule has 4 unspecified atom stereocenters. The predicted molar refractivity (Wildman–Crippen MR) is 96.3 cm³/mol. The summed E-state index contributed by atoms with van der Waals surface area (Å²) in [6, 6.07) is 8.58. The maximum Gasteiger partial charge on any atom is 0.406 e. The van der Waals surface area contributed by atoms with Crippen molar-refractivity contribution in [2.24, 2.45) is 17.3 Å². The van der Waals surface area contributed by atoms with Gasteiger partial charge in [0.1, 0.15) is 0 Å². The fourth-order valence-corrected chi connectivity index (χ4v) is 4.52. The molecule has 0 spiro atoms. The van der Waals surface area contributed by atoms with E-state index in [2.05, 4.69) is 48.2 Å². The number of aryl methyl sites for hydroxylation is 1. The van der Waals surface area contributed by atoms with Gasteiger partial charge >= 0.3 is 6.09 Å². The molecule has 5 heteroatoms. The van der Waals surface area contributed by atoms with Gasteiger partial charge in [-0.1, -0.05) is 38.1 Å². The maximum atomic E-state index is 12.8. The molecule has 0 aromatic heterocycles. The number of carbonyl (C=O) groups excluding carboxylic acids is 2. The number of methoxy groups -OCH3 is 1. The molecule has 5 nitrogen and oxygen atoms in total. The molecule has 0 bridgehead atoms. The number of benzene rings is 1. The highest BCUT2D eigenvalue weighted by atomic mass is 16.5. The van der Waals surface area contributed by atoms with E-state index in [1.54, 1.807) is 0 Å². The first-order valence-electron chi connectivity index (χ1n) is 9.08. The summed E-state index contributed by atoms with van der Waals surface area (Å²) in [5.41, 5.74) is 2.96. The van der Waals surface area contributed by atoms with Gasteiger partial charge in [-0.3, -0.25) is 4.79 Å². The molecule has 1 aromatic rings. The second-order valence-corrected chi connectivity index (χ2v) is 7.64. The van der Waals surface area contributed by atoms with E-state index in [1.165, 1.54) is 18.2 Å². The van der Waals surface area contributed by atoms with E-state index in [-0.39, 0.29) is 17.2 Å². The number of likely N-dealkylation sites (tertiary alicyclic amines) is 1. The van der Waals surface area contributed by atoms with Crippen LogP contribution in [0.15, 0.2) is 24.3 Å². The number of piperidine rings is 1. The normalized spacial score (nSPS) is 28.2. The molecule has 1 aromatic carbocycles. The van der Waals surface area contributed by atoms with Crippen molar-refractivity contribution in [3.8, 4) is 0 Å². The van der Waals surface area contributed by atoms with E-state index < -0.39 is 6.09 Å². The van der Waals surface area contributed by atoms with Gasteiger partial charge in [-0.05, 0) is 41.7 Å². The van der Waals surface area contributed by atoms with Crippen LogP contribution in [-0.4, -0.2) is 43.6 Å². The van der Waals surface area contributed by atoms with Crippen LogP contribution in [0, 0.1) is 24.2 Å².